The van der Waals surface area contributed by atoms with Crippen molar-refractivity contribution in [2.45, 2.75) is 30.4 Å². The summed E-state index contributed by atoms with van der Waals surface area (Å²) in [5.74, 6) is -0.491. The van der Waals surface area contributed by atoms with Crippen molar-refractivity contribution >= 4 is 21.8 Å². The van der Waals surface area contributed by atoms with Gasteiger partial charge in [0, 0.05) is 6.42 Å². The Bertz CT molecular complexity index is 1300. The van der Waals surface area contributed by atoms with E-state index in [1.165, 1.54) is 12.1 Å². The molecule has 33 heavy (non-hydrogen) atoms. The number of carbonyl (C=O) groups excluding carboxylic acids is 1. The van der Waals surface area contributed by atoms with Gasteiger partial charge in [-0.05, 0) is 30.2 Å². The highest BCUT2D eigenvalue weighted by Gasteiger charge is 2.63. The number of aryl methyl sites for hydroxylation is 1. The lowest BCUT2D eigenvalue weighted by Gasteiger charge is -2.31. The van der Waals surface area contributed by atoms with E-state index in [9.17, 15) is 13.2 Å². The Morgan fingerprint density at radius 3 is 2.18 bits per heavy atom. The molecule has 1 spiro atoms. The molecule has 0 bridgehead atoms. The van der Waals surface area contributed by atoms with Crippen molar-refractivity contribution in [2.24, 2.45) is 10.4 Å². The van der Waals surface area contributed by atoms with Gasteiger partial charge < -0.3 is 4.74 Å². The minimum atomic E-state index is -4.18. The average Bonchev–Trinajstić information content (AvgIpc) is 3.36. The predicted octanol–water partition coefficient (Wildman–Crippen LogP) is 4.25. The zero-order chi connectivity index (χ0) is 23.1. The number of hydrogen-bond acceptors (Lipinski definition) is 6. The molecule has 3 aromatic carbocycles. The SMILES string of the molecule is Cc1ccc(S(=O)(=O)O[C@H]2C(c3ccccc3)=N[C@H](c3ccccc3)[C@@]23CCOC3=O)cc1. The van der Waals surface area contributed by atoms with Gasteiger partial charge in [-0.15, -0.1) is 0 Å². The fourth-order valence-corrected chi connectivity index (χ4v) is 5.70. The third-order valence-electron chi connectivity index (χ3n) is 6.32. The van der Waals surface area contributed by atoms with Crippen LogP contribution in [0.25, 0.3) is 0 Å². The van der Waals surface area contributed by atoms with E-state index in [-0.39, 0.29) is 11.5 Å². The molecule has 0 saturated carbocycles. The summed E-state index contributed by atoms with van der Waals surface area (Å²) in [4.78, 5) is 18.2. The van der Waals surface area contributed by atoms with Crippen molar-refractivity contribution in [2.75, 3.05) is 6.61 Å². The van der Waals surface area contributed by atoms with Gasteiger partial charge in [-0.2, -0.15) is 8.42 Å². The number of benzene rings is 3. The normalized spacial score (nSPS) is 24.6. The smallest absolute Gasteiger partial charge is 0.317 e. The summed E-state index contributed by atoms with van der Waals surface area (Å²) in [5, 5.41) is 0. The molecular weight excluding hydrogens is 438 g/mol. The van der Waals surface area contributed by atoms with E-state index in [1.807, 2.05) is 67.6 Å². The van der Waals surface area contributed by atoms with Gasteiger partial charge in [-0.1, -0.05) is 78.4 Å². The summed E-state index contributed by atoms with van der Waals surface area (Å²) < 4.78 is 38.0. The van der Waals surface area contributed by atoms with Crippen LogP contribution in [0.2, 0.25) is 0 Å². The molecule has 1 saturated heterocycles. The second-order valence-corrected chi connectivity index (χ2v) is 9.94. The van der Waals surface area contributed by atoms with Crippen LogP contribution in [0.5, 0.6) is 0 Å². The summed E-state index contributed by atoms with van der Waals surface area (Å²) in [7, 11) is -4.18. The van der Waals surface area contributed by atoms with Crippen molar-refractivity contribution in [1.82, 2.24) is 0 Å². The molecule has 3 atom stereocenters. The van der Waals surface area contributed by atoms with Gasteiger partial charge in [-0.3, -0.25) is 14.0 Å². The fraction of sp³-hybridized carbons (Fsp3) is 0.231. The maximum atomic E-state index is 13.3. The van der Waals surface area contributed by atoms with E-state index >= 15 is 0 Å². The first-order valence-electron chi connectivity index (χ1n) is 10.8. The Balaban J connectivity index is 1.66. The minimum absolute atomic E-state index is 0.0326. The molecule has 1 fully saturated rings. The summed E-state index contributed by atoms with van der Waals surface area (Å²) in [6.07, 6.45) is -0.814. The number of ether oxygens (including phenoxy) is 1. The molecule has 0 aromatic heterocycles. The molecule has 2 aliphatic rings. The van der Waals surface area contributed by atoms with Gasteiger partial charge in [0.1, 0.15) is 11.5 Å². The van der Waals surface area contributed by atoms with Crippen LogP contribution in [-0.4, -0.2) is 32.8 Å². The topological polar surface area (TPSA) is 82.0 Å². The Morgan fingerprint density at radius 1 is 0.939 bits per heavy atom. The molecule has 168 valence electrons. The van der Waals surface area contributed by atoms with Gasteiger partial charge in [0.05, 0.1) is 23.3 Å². The summed E-state index contributed by atoms with van der Waals surface area (Å²) in [5.41, 5.74) is 1.60. The molecule has 6 nitrogen and oxygen atoms in total. The summed E-state index contributed by atoms with van der Waals surface area (Å²) in [6.45, 7) is 2.06. The highest BCUT2D eigenvalue weighted by Crippen LogP contribution is 2.54. The third-order valence-corrected chi connectivity index (χ3v) is 7.61. The monoisotopic (exact) mass is 461 g/mol. The number of aliphatic imine (C=N–C) groups is 1. The maximum Gasteiger partial charge on any atom is 0.317 e. The van der Waals surface area contributed by atoms with Gasteiger partial charge in [-0.25, -0.2) is 0 Å². The quantitative estimate of drug-likeness (QED) is 0.419. The van der Waals surface area contributed by atoms with Crippen LogP contribution < -0.4 is 0 Å². The highest BCUT2D eigenvalue weighted by molar-refractivity contribution is 7.86. The molecule has 0 amide bonds. The number of esters is 1. The van der Waals surface area contributed by atoms with Crippen LogP contribution in [0.4, 0.5) is 0 Å². The first-order chi connectivity index (χ1) is 15.9. The lowest BCUT2D eigenvalue weighted by molar-refractivity contribution is -0.149. The Hall–Kier alpha value is -3.29. The minimum Gasteiger partial charge on any atom is -0.465 e. The first-order valence-corrected chi connectivity index (χ1v) is 12.2. The Labute approximate surface area is 193 Å². The van der Waals surface area contributed by atoms with Crippen molar-refractivity contribution < 1.29 is 22.1 Å². The van der Waals surface area contributed by atoms with E-state index in [1.54, 1.807) is 12.1 Å². The molecule has 0 aliphatic carbocycles. The van der Waals surface area contributed by atoms with E-state index < -0.39 is 33.6 Å². The molecule has 5 rings (SSSR count). The van der Waals surface area contributed by atoms with E-state index in [0.717, 1.165) is 11.1 Å². The van der Waals surface area contributed by atoms with Crippen molar-refractivity contribution in [3.8, 4) is 0 Å². The van der Waals surface area contributed by atoms with Crippen LogP contribution in [0.3, 0.4) is 0 Å². The van der Waals surface area contributed by atoms with Gasteiger partial charge in [0.2, 0.25) is 0 Å². The fourth-order valence-electron chi connectivity index (χ4n) is 4.61. The second-order valence-electron chi connectivity index (χ2n) is 8.36. The summed E-state index contributed by atoms with van der Waals surface area (Å²) in [6, 6.07) is 24.5. The molecule has 2 aliphatic heterocycles. The Kier molecular flexibility index (Phi) is 5.38. The lowest BCUT2D eigenvalue weighted by atomic mass is 9.72. The Morgan fingerprint density at radius 2 is 1.58 bits per heavy atom. The van der Waals surface area contributed by atoms with Gasteiger partial charge >= 0.3 is 5.97 Å². The molecule has 2 heterocycles. The average molecular weight is 462 g/mol. The molecule has 0 unspecified atom stereocenters. The van der Waals surface area contributed by atoms with Crippen LogP contribution in [0.1, 0.15) is 29.2 Å². The number of hydrogen-bond donors (Lipinski definition) is 0. The van der Waals surface area contributed by atoms with Crippen molar-refractivity contribution in [3.05, 3.63) is 102 Å². The lowest BCUT2D eigenvalue weighted by Crippen LogP contribution is -2.46. The van der Waals surface area contributed by atoms with E-state index in [2.05, 4.69) is 0 Å². The third kappa shape index (κ3) is 3.67. The molecule has 3 aromatic rings. The number of carbonyl (C=O) groups is 1. The van der Waals surface area contributed by atoms with Crippen LogP contribution >= 0.6 is 0 Å². The van der Waals surface area contributed by atoms with Gasteiger partial charge in [0.25, 0.3) is 10.1 Å². The number of cyclic esters (lactones) is 1. The zero-order valence-electron chi connectivity index (χ0n) is 18.0. The zero-order valence-corrected chi connectivity index (χ0v) is 18.9. The first kappa shape index (κ1) is 21.6. The van der Waals surface area contributed by atoms with Crippen LogP contribution in [-0.2, 0) is 23.8 Å². The maximum absolute atomic E-state index is 13.3. The van der Waals surface area contributed by atoms with Crippen LogP contribution in [0, 0.1) is 12.3 Å². The molecule has 0 radical (unpaired) electrons. The molecule has 7 heteroatoms. The van der Waals surface area contributed by atoms with Crippen LogP contribution in [0.15, 0.2) is 94.8 Å². The van der Waals surface area contributed by atoms with Crippen molar-refractivity contribution in [1.29, 1.82) is 0 Å². The predicted molar refractivity (Wildman–Crippen MR) is 123 cm³/mol. The van der Waals surface area contributed by atoms with Gasteiger partial charge in [0.15, 0.2) is 0 Å². The highest BCUT2D eigenvalue weighted by atomic mass is 32.2. The number of nitrogens with zero attached hydrogens (tertiary/aromatic N) is 1. The molecule has 0 N–H and O–H groups in total. The standard InChI is InChI=1S/C26H23NO5S/c1-18-12-14-21(15-13-18)33(29,30)32-24-22(19-8-4-2-5-9-19)27-23(20-10-6-3-7-11-20)26(24)16-17-31-25(26)28/h2-15,23-24H,16-17H2,1H3/t23-,24+,26+/m1/s1. The molecular formula is C26H23NO5S. The van der Waals surface area contributed by atoms with Crippen molar-refractivity contribution in [3.63, 3.8) is 0 Å². The largest absolute Gasteiger partial charge is 0.465 e. The second kappa shape index (κ2) is 8.24. The van der Waals surface area contributed by atoms with E-state index in [0.29, 0.717) is 17.7 Å². The number of rotatable bonds is 5. The van der Waals surface area contributed by atoms with E-state index in [4.69, 9.17) is 13.9 Å². The summed E-state index contributed by atoms with van der Waals surface area (Å²) >= 11 is 0.